The molecule has 0 saturated heterocycles. The van der Waals surface area contributed by atoms with E-state index in [-0.39, 0.29) is 5.91 Å². The lowest BCUT2D eigenvalue weighted by Crippen LogP contribution is -2.40. The van der Waals surface area contributed by atoms with Gasteiger partial charge in [-0.3, -0.25) is 9.69 Å². The third-order valence-electron chi connectivity index (χ3n) is 3.63. The average molecular weight is 291 g/mol. The molecule has 2 N–H and O–H groups in total. The first-order valence-electron chi connectivity index (χ1n) is 7.99. The Morgan fingerprint density at radius 1 is 1.14 bits per heavy atom. The summed E-state index contributed by atoms with van der Waals surface area (Å²) < 4.78 is 0. The fraction of sp³-hybridized carbons (Fsp3) is 0.588. The van der Waals surface area contributed by atoms with Crippen molar-refractivity contribution < 1.29 is 4.79 Å². The topological polar surface area (TPSA) is 44.4 Å². The van der Waals surface area contributed by atoms with Crippen LogP contribution in [0.15, 0.2) is 30.3 Å². The van der Waals surface area contributed by atoms with Gasteiger partial charge in [-0.15, -0.1) is 0 Å². The number of nitrogens with one attached hydrogen (secondary N) is 2. The first kappa shape index (κ1) is 17.7. The summed E-state index contributed by atoms with van der Waals surface area (Å²) in [5.41, 5.74) is 1.29. The molecule has 1 atom stereocenters. The molecule has 0 radical (unpaired) electrons. The number of carbonyl (C=O) groups is 1. The summed E-state index contributed by atoms with van der Waals surface area (Å²) in [5.74, 6) is 0.0724. The van der Waals surface area contributed by atoms with E-state index in [1.54, 1.807) is 0 Å². The summed E-state index contributed by atoms with van der Waals surface area (Å²) in [6.45, 7) is 10.3. The highest BCUT2D eigenvalue weighted by molar-refractivity contribution is 5.77. The Morgan fingerprint density at radius 3 is 2.38 bits per heavy atom. The highest BCUT2D eigenvalue weighted by atomic mass is 16.1. The summed E-state index contributed by atoms with van der Waals surface area (Å²) in [4.78, 5) is 14.1. The summed E-state index contributed by atoms with van der Waals surface area (Å²) >= 11 is 0. The zero-order valence-corrected chi connectivity index (χ0v) is 13.6. The highest BCUT2D eigenvalue weighted by Crippen LogP contribution is 2.19. The van der Waals surface area contributed by atoms with Crippen molar-refractivity contribution in [3.8, 4) is 0 Å². The first-order valence-corrected chi connectivity index (χ1v) is 7.99. The third kappa shape index (κ3) is 6.27. The van der Waals surface area contributed by atoms with E-state index < -0.39 is 0 Å². The molecule has 0 spiro atoms. The number of likely N-dealkylation sites (N-methyl/N-ethyl adjacent to an activating group) is 1. The summed E-state index contributed by atoms with van der Waals surface area (Å²) in [6.07, 6.45) is 0.970. The molecule has 1 amide bonds. The van der Waals surface area contributed by atoms with Crippen LogP contribution in [0.5, 0.6) is 0 Å². The maximum absolute atomic E-state index is 11.6. The van der Waals surface area contributed by atoms with Gasteiger partial charge in [0.05, 0.1) is 6.54 Å². The van der Waals surface area contributed by atoms with Gasteiger partial charge >= 0.3 is 0 Å². The predicted octanol–water partition coefficient (Wildman–Crippen LogP) is 2.19. The van der Waals surface area contributed by atoms with Crippen molar-refractivity contribution >= 4 is 5.91 Å². The fourth-order valence-corrected chi connectivity index (χ4v) is 2.45. The summed E-state index contributed by atoms with van der Waals surface area (Å²) in [6, 6.07) is 10.8. The van der Waals surface area contributed by atoms with Gasteiger partial charge in [0.25, 0.3) is 0 Å². The van der Waals surface area contributed by atoms with Crippen LogP contribution in [0.25, 0.3) is 0 Å². The summed E-state index contributed by atoms with van der Waals surface area (Å²) in [7, 11) is 0. The molecular formula is C17H29N3O. The van der Waals surface area contributed by atoms with Gasteiger partial charge in [0, 0.05) is 19.1 Å². The van der Waals surface area contributed by atoms with Gasteiger partial charge in [0.2, 0.25) is 5.91 Å². The predicted molar refractivity (Wildman–Crippen MR) is 88.3 cm³/mol. The highest BCUT2D eigenvalue weighted by Gasteiger charge is 2.17. The van der Waals surface area contributed by atoms with Crippen LogP contribution in [0, 0.1) is 0 Å². The Bertz CT molecular complexity index is 390. The van der Waals surface area contributed by atoms with Crippen LogP contribution in [0.3, 0.4) is 0 Å². The minimum Gasteiger partial charge on any atom is -0.355 e. The van der Waals surface area contributed by atoms with Crippen LogP contribution < -0.4 is 10.6 Å². The summed E-state index contributed by atoms with van der Waals surface area (Å²) in [5, 5.41) is 6.18. The lowest BCUT2D eigenvalue weighted by molar-refractivity contribution is -0.120. The number of hydrogen-bond acceptors (Lipinski definition) is 3. The van der Waals surface area contributed by atoms with E-state index in [9.17, 15) is 4.79 Å². The molecule has 4 nitrogen and oxygen atoms in total. The number of rotatable bonds is 10. The van der Waals surface area contributed by atoms with Crippen LogP contribution in [0.4, 0.5) is 0 Å². The van der Waals surface area contributed by atoms with E-state index >= 15 is 0 Å². The van der Waals surface area contributed by atoms with Gasteiger partial charge in [-0.2, -0.15) is 0 Å². The Kier molecular flexibility index (Phi) is 8.71. The standard InChI is InChI=1S/C17H29N3O/c1-4-12-19-17(21)14-18-13-16(20(5-2)6-3)15-10-8-7-9-11-15/h7-11,16,18H,4-6,12-14H2,1-3H3,(H,19,21). The van der Waals surface area contributed by atoms with E-state index in [0.717, 1.165) is 32.6 Å². The normalized spacial score (nSPS) is 12.4. The van der Waals surface area contributed by atoms with E-state index in [1.165, 1.54) is 5.56 Å². The fourth-order valence-electron chi connectivity index (χ4n) is 2.45. The molecule has 0 saturated carbocycles. The van der Waals surface area contributed by atoms with Crippen molar-refractivity contribution in [2.45, 2.75) is 33.2 Å². The molecule has 1 rings (SSSR count). The maximum Gasteiger partial charge on any atom is 0.233 e. The Labute approximate surface area is 128 Å². The molecule has 0 aliphatic rings. The van der Waals surface area contributed by atoms with Crippen molar-refractivity contribution in [2.24, 2.45) is 0 Å². The van der Waals surface area contributed by atoms with Crippen molar-refractivity contribution in [1.82, 2.24) is 15.5 Å². The second-order valence-electron chi connectivity index (χ2n) is 5.13. The van der Waals surface area contributed by atoms with Gasteiger partial charge in [-0.05, 0) is 25.1 Å². The number of carbonyl (C=O) groups excluding carboxylic acids is 1. The molecule has 21 heavy (non-hydrogen) atoms. The lowest BCUT2D eigenvalue weighted by Gasteiger charge is -2.30. The molecular weight excluding hydrogens is 262 g/mol. The van der Waals surface area contributed by atoms with Crippen molar-refractivity contribution in [2.75, 3.05) is 32.7 Å². The molecule has 0 heterocycles. The maximum atomic E-state index is 11.6. The Hall–Kier alpha value is -1.39. The molecule has 1 aromatic rings. The van der Waals surface area contributed by atoms with E-state index in [4.69, 9.17) is 0 Å². The zero-order chi connectivity index (χ0) is 15.5. The van der Waals surface area contributed by atoms with Crippen LogP contribution in [0.2, 0.25) is 0 Å². The van der Waals surface area contributed by atoms with Gasteiger partial charge in [0.15, 0.2) is 0 Å². The van der Waals surface area contributed by atoms with Gasteiger partial charge in [-0.1, -0.05) is 51.1 Å². The quantitative estimate of drug-likeness (QED) is 0.694. The second kappa shape index (κ2) is 10.4. The number of nitrogens with zero attached hydrogens (tertiary/aromatic N) is 1. The molecule has 0 aromatic heterocycles. The Morgan fingerprint density at radius 2 is 1.81 bits per heavy atom. The van der Waals surface area contributed by atoms with Crippen molar-refractivity contribution in [3.05, 3.63) is 35.9 Å². The van der Waals surface area contributed by atoms with Crippen LogP contribution in [-0.4, -0.2) is 43.5 Å². The number of hydrogen-bond donors (Lipinski definition) is 2. The minimum absolute atomic E-state index is 0.0724. The number of amides is 1. The Balaban J connectivity index is 2.56. The monoisotopic (exact) mass is 291 g/mol. The largest absolute Gasteiger partial charge is 0.355 e. The molecule has 1 aromatic carbocycles. The third-order valence-corrected chi connectivity index (χ3v) is 3.63. The minimum atomic E-state index is 0.0724. The average Bonchev–Trinajstić information content (AvgIpc) is 2.53. The first-order chi connectivity index (χ1) is 10.2. The van der Waals surface area contributed by atoms with Crippen LogP contribution in [0.1, 0.15) is 38.8 Å². The van der Waals surface area contributed by atoms with Crippen LogP contribution in [-0.2, 0) is 4.79 Å². The van der Waals surface area contributed by atoms with E-state index in [2.05, 4.69) is 60.6 Å². The SMILES string of the molecule is CCCNC(=O)CNCC(c1ccccc1)N(CC)CC. The van der Waals surface area contributed by atoms with E-state index in [1.807, 2.05) is 6.07 Å². The second-order valence-corrected chi connectivity index (χ2v) is 5.13. The van der Waals surface area contributed by atoms with Gasteiger partial charge in [0.1, 0.15) is 0 Å². The molecule has 0 aliphatic carbocycles. The van der Waals surface area contributed by atoms with E-state index in [0.29, 0.717) is 12.6 Å². The van der Waals surface area contributed by atoms with Gasteiger partial charge < -0.3 is 10.6 Å². The molecule has 0 aliphatic heterocycles. The lowest BCUT2D eigenvalue weighted by atomic mass is 10.1. The smallest absolute Gasteiger partial charge is 0.233 e. The van der Waals surface area contributed by atoms with Gasteiger partial charge in [-0.25, -0.2) is 0 Å². The molecule has 4 heteroatoms. The molecule has 0 fully saturated rings. The molecule has 118 valence electrons. The molecule has 0 bridgehead atoms. The van der Waals surface area contributed by atoms with Crippen molar-refractivity contribution in [3.63, 3.8) is 0 Å². The van der Waals surface area contributed by atoms with Crippen LogP contribution >= 0.6 is 0 Å². The zero-order valence-electron chi connectivity index (χ0n) is 13.6. The molecule has 1 unspecified atom stereocenters. The number of benzene rings is 1. The van der Waals surface area contributed by atoms with Crippen molar-refractivity contribution in [1.29, 1.82) is 0 Å².